The molecule has 2 heterocycles. The van der Waals surface area contributed by atoms with E-state index >= 15 is 0 Å². The van der Waals surface area contributed by atoms with Crippen molar-refractivity contribution in [3.63, 3.8) is 0 Å². The van der Waals surface area contributed by atoms with Gasteiger partial charge in [-0.15, -0.1) is 0 Å². The van der Waals surface area contributed by atoms with Crippen LogP contribution in [0.1, 0.15) is 0 Å². The van der Waals surface area contributed by atoms with E-state index in [2.05, 4.69) is 149 Å². The lowest BCUT2D eigenvalue weighted by atomic mass is 9.94. The summed E-state index contributed by atoms with van der Waals surface area (Å²) < 4.78 is 6.28. The predicted molar refractivity (Wildman–Crippen MR) is 184 cm³/mol. The highest BCUT2D eigenvalue weighted by Gasteiger charge is 2.18. The molecule has 0 N–H and O–H groups in total. The molecule has 9 rings (SSSR count). The van der Waals surface area contributed by atoms with Gasteiger partial charge >= 0.3 is 0 Å². The van der Waals surface area contributed by atoms with Gasteiger partial charge in [0, 0.05) is 40.1 Å². The first-order chi connectivity index (χ1) is 21.8. The summed E-state index contributed by atoms with van der Waals surface area (Å²) in [4.78, 5) is 6.59. The maximum absolute atomic E-state index is 6.28. The summed E-state index contributed by atoms with van der Waals surface area (Å²) in [5.74, 6) is 0. The summed E-state index contributed by atoms with van der Waals surface area (Å²) >= 11 is 0. The Morgan fingerprint density at radius 2 is 0.909 bits per heavy atom. The van der Waals surface area contributed by atoms with Crippen molar-refractivity contribution in [1.29, 1.82) is 0 Å². The fraction of sp³-hybridized carbons (Fsp3) is 0. The smallest absolute Gasteiger partial charge is 0.153 e. The second kappa shape index (κ2) is 9.82. The van der Waals surface area contributed by atoms with Gasteiger partial charge in [-0.3, -0.25) is 4.98 Å². The van der Waals surface area contributed by atoms with Crippen LogP contribution in [0.3, 0.4) is 0 Å². The number of nitrogens with zero attached hydrogens (tertiary/aromatic N) is 2. The summed E-state index contributed by atoms with van der Waals surface area (Å²) in [5.41, 5.74) is 7.21. The van der Waals surface area contributed by atoms with Gasteiger partial charge in [-0.1, -0.05) is 97.1 Å². The molecule has 0 amide bonds. The number of hydrogen-bond donors (Lipinski definition) is 0. The van der Waals surface area contributed by atoms with Crippen LogP contribution < -0.4 is 4.90 Å². The zero-order valence-electron chi connectivity index (χ0n) is 23.8. The van der Waals surface area contributed by atoms with E-state index in [9.17, 15) is 0 Å². The lowest BCUT2D eigenvalue weighted by Crippen LogP contribution is -2.09. The highest BCUT2D eigenvalue weighted by Crippen LogP contribution is 2.42. The van der Waals surface area contributed by atoms with Crippen LogP contribution in [0, 0.1) is 0 Å². The average Bonchev–Trinajstić information content (AvgIpc) is 3.47. The lowest BCUT2D eigenvalue weighted by molar-refractivity contribution is 0.667. The van der Waals surface area contributed by atoms with Crippen molar-refractivity contribution in [1.82, 2.24) is 4.98 Å². The van der Waals surface area contributed by atoms with Gasteiger partial charge in [0.05, 0.1) is 6.20 Å². The number of anilines is 3. The van der Waals surface area contributed by atoms with Crippen LogP contribution in [0.5, 0.6) is 0 Å². The first-order valence-corrected chi connectivity index (χ1v) is 14.9. The molecule has 0 fully saturated rings. The number of rotatable bonds is 4. The summed E-state index contributed by atoms with van der Waals surface area (Å²) in [6.45, 7) is 0. The Morgan fingerprint density at radius 3 is 1.61 bits per heavy atom. The number of fused-ring (bicyclic) bond motifs is 9. The summed E-state index contributed by atoms with van der Waals surface area (Å²) in [7, 11) is 0. The van der Waals surface area contributed by atoms with E-state index in [1.54, 1.807) is 6.20 Å². The maximum Gasteiger partial charge on any atom is 0.153 e. The van der Waals surface area contributed by atoms with Crippen molar-refractivity contribution in [3.05, 3.63) is 158 Å². The van der Waals surface area contributed by atoms with E-state index in [0.29, 0.717) is 0 Å². The second-order valence-electron chi connectivity index (χ2n) is 11.2. The molecule has 0 radical (unpaired) electrons. The maximum atomic E-state index is 6.28. The molecule has 0 aliphatic rings. The first-order valence-electron chi connectivity index (χ1n) is 14.9. The van der Waals surface area contributed by atoms with Crippen molar-refractivity contribution >= 4 is 71.3 Å². The summed E-state index contributed by atoms with van der Waals surface area (Å²) in [5, 5.41) is 9.71. The number of furan rings is 1. The molecule has 0 saturated carbocycles. The van der Waals surface area contributed by atoms with E-state index in [0.717, 1.165) is 39.0 Å². The largest absolute Gasteiger partial charge is 0.454 e. The molecule has 0 aliphatic carbocycles. The van der Waals surface area contributed by atoms with E-state index in [-0.39, 0.29) is 0 Å². The van der Waals surface area contributed by atoms with Gasteiger partial charge in [0.1, 0.15) is 5.58 Å². The average molecular weight is 563 g/mol. The van der Waals surface area contributed by atoms with Gasteiger partial charge in [0.25, 0.3) is 0 Å². The topological polar surface area (TPSA) is 29.3 Å². The third-order valence-corrected chi connectivity index (χ3v) is 8.74. The van der Waals surface area contributed by atoms with Crippen LogP contribution in [0.15, 0.2) is 162 Å². The van der Waals surface area contributed by atoms with E-state index in [1.165, 1.54) is 43.4 Å². The normalized spacial score (nSPS) is 11.6. The zero-order valence-corrected chi connectivity index (χ0v) is 23.8. The van der Waals surface area contributed by atoms with Crippen LogP contribution >= 0.6 is 0 Å². The molecule has 44 heavy (non-hydrogen) atoms. The van der Waals surface area contributed by atoms with E-state index in [4.69, 9.17) is 4.42 Å². The third-order valence-electron chi connectivity index (χ3n) is 8.74. The fourth-order valence-corrected chi connectivity index (χ4v) is 6.67. The van der Waals surface area contributed by atoms with Gasteiger partial charge in [-0.2, -0.15) is 0 Å². The van der Waals surface area contributed by atoms with E-state index < -0.39 is 0 Å². The number of aromatic nitrogens is 1. The molecule has 0 bridgehead atoms. The van der Waals surface area contributed by atoms with Gasteiger partial charge in [-0.25, -0.2) is 0 Å². The molecule has 3 nitrogen and oxygen atoms in total. The predicted octanol–water partition coefficient (Wildman–Crippen LogP) is 11.6. The van der Waals surface area contributed by atoms with Gasteiger partial charge in [0.15, 0.2) is 5.58 Å². The molecule has 2 aromatic heterocycles. The number of pyridine rings is 1. The monoisotopic (exact) mass is 562 g/mol. The minimum Gasteiger partial charge on any atom is -0.454 e. The third kappa shape index (κ3) is 3.87. The SMILES string of the molecule is c1ccc(-c2ccc(N(c3ccc4c(c3)oc3cnccc34)c3ccc4c5ccccc5c5ccccc5c4c3)cc2)cc1. The minimum atomic E-state index is 0.794. The Bertz CT molecular complexity index is 2460. The highest BCUT2D eigenvalue weighted by molar-refractivity contribution is 6.25. The summed E-state index contributed by atoms with van der Waals surface area (Å²) in [6, 6.07) is 52.1. The molecule has 3 heteroatoms. The number of hydrogen-bond acceptors (Lipinski definition) is 3. The van der Waals surface area contributed by atoms with Crippen molar-refractivity contribution < 1.29 is 4.42 Å². The Morgan fingerprint density at radius 1 is 0.386 bits per heavy atom. The van der Waals surface area contributed by atoms with Crippen LogP contribution in [-0.4, -0.2) is 4.98 Å². The quantitative estimate of drug-likeness (QED) is 0.200. The highest BCUT2D eigenvalue weighted by atomic mass is 16.3. The second-order valence-corrected chi connectivity index (χ2v) is 11.2. The van der Waals surface area contributed by atoms with Crippen LogP contribution in [0.4, 0.5) is 17.1 Å². The van der Waals surface area contributed by atoms with Crippen molar-refractivity contribution in [3.8, 4) is 11.1 Å². The van der Waals surface area contributed by atoms with Crippen molar-refractivity contribution in [2.24, 2.45) is 0 Å². The summed E-state index contributed by atoms with van der Waals surface area (Å²) in [6.07, 6.45) is 3.60. The number of benzene rings is 7. The van der Waals surface area contributed by atoms with Crippen molar-refractivity contribution in [2.75, 3.05) is 4.90 Å². The molecule has 7 aromatic carbocycles. The molecular formula is C41H26N2O. The molecule has 0 saturated heterocycles. The standard InChI is InChI=1S/C41H26N2O/c1-2-8-27(9-3-1)28-14-16-29(17-15-28)43(31-19-21-37-38-22-23-42-26-41(38)44-40(37)25-31)30-18-20-36-34-12-5-4-10-32(34)33-11-6-7-13-35(33)39(36)24-30/h1-26H. The Kier molecular flexibility index (Phi) is 5.50. The zero-order chi connectivity index (χ0) is 29.0. The molecule has 0 unspecified atom stereocenters. The molecule has 0 atom stereocenters. The van der Waals surface area contributed by atoms with Crippen LogP contribution in [0.2, 0.25) is 0 Å². The van der Waals surface area contributed by atoms with Crippen LogP contribution in [-0.2, 0) is 0 Å². The Labute approximate surface area is 254 Å². The van der Waals surface area contributed by atoms with E-state index in [1.807, 2.05) is 12.3 Å². The molecule has 0 aliphatic heterocycles. The molecule has 206 valence electrons. The molecular weight excluding hydrogens is 536 g/mol. The van der Waals surface area contributed by atoms with Crippen LogP contribution in [0.25, 0.3) is 65.4 Å². The Balaban J connectivity index is 1.28. The van der Waals surface area contributed by atoms with Gasteiger partial charge in [-0.05, 0) is 85.9 Å². The Hall–Kier alpha value is -5.93. The van der Waals surface area contributed by atoms with Crippen molar-refractivity contribution in [2.45, 2.75) is 0 Å². The minimum absolute atomic E-state index is 0.794. The molecule has 9 aromatic rings. The molecule has 0 spiro atoms. The lowest BCUT2D eigenvalue weighted by Gasteiger charge is -2.26. The van der Waals surface area contributed by atoms with Gasteiger partial charge < -0.3 is 9.32 Å². The van der Waals surface area contributed by atoms with Gasteiger partial charge in [0.2, 0.25) is 0 Å². The first kappa shape index (κ1) is 24.6. The fourth-order valence-electron chi connectivity index (χ4n) is 6.67.